The molecule has 2 rings (SSSR count). The average molecular weight is 309 g/mol. The van der Waals surface area contributed by atoms with Gasteiger partial charge in [0.1, 0.15) is 5.15 Å². The maximum absolute atomic E-state index is 12.0. The van der Waals surface area contributed by atoms with E-state index in [0.29, 0.717) is 11.1 Å². The number of nitrogens with zero attached hydrogens (tertiary/aromatic N) is 3. The number of benzene rings is 1. The third-order valence-corrected chi connectivity index (χ3v) is 3.69. The monoisotopic (exact) mass is 308 g/mol. The Labute approximate surface area is 121 Å². The van der Waals surface area contributed by atoms with Crippen molar-refractivity contribution in [1.29, 1.82) is 5.26 Å². The van der Waals surface area contributed by atoms with E-state index in [1.165, 1.54) is 18.5 Å². The molecule has 0 saturated heterocycles. The summed E-state index contributed by atoms with van der Waals surface area (Å²) in [6.07, 6.45) is 2.56. The van der Waals surface area contributed by atoms with Crippen molar-refractivity contribution in [3.8, 4) is 6.07 Å². The predicted molar refractivity (Wildman–Crippen MR) is 74.4 cm³/mol. The normalized spacial score (nSPS) is 10.8. The molecule has 1 aromatic heterocycles. The van der Waals surface area contributed by atoms with Gasteiger partial charge >= 0.3 is 0 Å². The topological polar surface area (TPSA) is 95.7 Å². The number of sulfonamides is 1. The summed E-state index contributed by atoms with van der Waals surface area (Å²) in [6.45, 7) is 0. The highest BCUT2D eigenvalue weighted by atomic mass is 35.5. The Bertz CT molecular complexity index is 771. The van der Waals surface area contributed by atoms with Gasteiger partial charge in [0.25, 0.3) is 0 Å². The van der Waals surface area contributed by atoms with Crippen molar-refractivity contribution < 1.29 is 8.42 Å². The van der Waals surface area contributed by atoms with E-state index in [1.54, 1.807) is 18.2 Å². The van der Waals surface area contributed by atoms with E-state index in [1.807, 2.05) is 6.07 Å². The van der Waals surface area contributed by atoms with Gasteiger partial charge in [0, 0.05) is 0 Å². The molecule has 1 N–H and O–H groups in total. The molecule has 1 heterocycles. The van der Waals surface area contributed by atoms with Crippen molar-refractivity contribution in [2.75, 3.05) is 4.72 Å². The second-order valence-corrected chi connectivity index (χ2v) is 6.01. The van der Waals surface area contributed by atoms with Crippen LogP contribution in [0.5, 0.6) is 0 Å². The lowest BCUT2D eigenvalue weighted by atomic mass is 10.2. The van der Waals surface area contributed by atoms with E-state index in [9.17, 15) is 8.42 Å². The molecule has 6 nitrogen and oxygen atoms in total. The molecule has 0 aliphatic carbocycles. The fourth-order valence-corrected chi connectivity index (χ4v) is 2.79. The van der Waals surface area contributed by atoms with Crippen molar-refractivity contribution in [2.24, 2.45) is 0 Å². The molecule has 0 radical (unpaired) electrons. The molecule has 8 heteroatoms. The van der Waals surface area contributed by atoms with Gasteiger partial charge in [0.15, 0.2) is 5.82 Å². The molecule has 1 aromatic carbocycles. The fourth-order valence-electron chi connectivity index (χ4n) is 1.54. The molecule has 0 spiro atoms. The zero-order valence-corrected chi connectivity index (χ0v) is 11.7. The SMILES string of the molecule is N#Cc1cccc(CS(=O)(=O)Nc2cncc(Cl)n2)c1. The lowest BCUT2D eigenvalue weighted by Gasteiger charge is -2.07. The summed E-state index contributed by atoms with van der Waals surface area (Å²) in [6, 6.07) is 8.33. The minimum absolute atomic E-state index is 0.0499. The van der Waals surface area contributed by atoms with Crippen LogP contribution >= 0.6 is 11.6 Å². The highest BCUT2D eigenvalue weighted by Gasteiger charge is 2.13. The largest absolute Gasteiger partial charge is 0.266 e. The lowest BCUT2D eigenvalue weighted by molar-refractivity contribution is 0.600. The first-order valence-electron chi connectivity index (χ1n) is 5.45. The summed E-state index contributed by atoms with van der Waals surface area (Å²) in [5.41, 5.74) is 0.909. The summed E-state index contributed by atoms with van der Waals surface area (Å²) in [5.74, 6) is -0.217. The number of nitriles is 1. The lowest BCUT2D eigenvalue weighted by Crippen LogP contribution is -2.16. The quantitative estimate of drug-likeness (QED) is 0.931. The fraction of sp³-hybridized carbons (Fsp3) is 0.0833. The first-order chi connectivity index (χ1) is 9.48. The first-order valence-corrected chi connectivity index (χ1v) is 7.48. The second-order valence-electron chi connectivity index (χ2n) is 3.90. The zero-order chi connectivity index (χ0) is 14.6. The van der Waals surface area contributed by atoms with Crippen LogP contribution in [0.25, 0.3) is 0 Å². The Morgan fingerprint density at radius 3 is 2.85 bits per heavy atom. The third-order valence-electron chi connectivity index (χ3n) is 2.28. The summed E-state index contributed by atoms with van der Waals surface area (Å²) in [5, 5.41) is 8.87. The summed E-state index contributed by atoms with van der Waals surface area (Å²) >= 11 is 5.63. The van der Waals surface area contributed by atoms with E-state index in [4.69, 9.17) is 16.9 Å². The molecule has 0 aliphatic rings. The first kappa shape index (κ1) is 14.2. The molecule has 2 aromatic rings. The van der Waals surface area contributed by atoms with Crippen molar-refractivity contribution in [2.45, 2.75) is 5.75 Å². The van der Waals surface area contributed by atoms with Gasteiger partial charge in [-0.2, -0.15) is 5.26 Å². The minimum atomic E-state index is -3.65. The molecule has 0 unspecified atom stereocenters. The second kappa shape index (κ2) is 5.86. The molecule has 0 aliphatic heterocycles. The van der Waals surface area contributed by atoms with Gasteiger partial charge in [0.05, 0.1) is 29.8 Å². The summed E-state index contributed by atoms with van der Waals surface area (Å²) in [4.78, 5) is 7.53. The zero-order valence-electron chi connectivity index (χ0n) is 10.1. The smallest absolute Gasteiger partial charge is 0.238 e. The van der Waals surface area contributed by atoms with Crippen molar-refractivity contribution in [3.63, 3.8) is 0 Å². The van der Waals surface area contributed by atoms with E-state index in [-0.39, 0.29) is 16.7 Å². The molecule has 20 heavy (non-hydrogen) atoms. The molecule has 0 amide bonds. The number of halogens is 1. The highest BCUT2D eigenvalue weighted by molar-refractivity contribution is 7.91. The van der Waals surface area contributed by atoms with Crippen LogP contribution < -0.4 is 4.72 Å². The predicted octanol–water partition coefficient (Wildman–Crippen LogP) is 1.94. The number of aromatic nitrogens is 2. The van der Waals surface area contributed by atoms with Crippen LogP contribution in [0.4, 0.5) is 5.82 Å². The maximum Gasteiger partial charge on any atom is 0.238 e. The molecule has 0 fully saturated rings. The van der Waals surface area contributed by atoms with E-state index >= 15 is 0 Å². The van der Waals surface area contributed by atoms with Crippen LogP contribution in [0.3, 0.4) is 0 Å². The minimum Gasteiger partial charge on any atom is -0.266 e. The molecule has 0 saturated carbocycles. The Hall–Kier alpha value is -2.17. The molecular weight excluding hydrogens is 300 g/mol. The van der Waals surface area contributed by atoms with Crippen LogP contribution in [0.15, 0.2) is 36.7 Å². The standard InChI is InChI=1S/C12H9ClN4O2S/c13-11-6-15-7-12(16-11)17-20(18,19)8-10-3-1-2-9(4-10)5-14/h1-4,6-7H,8H2,(H,16,17). The Morgan fingerprint density at radius 1 is 1.35 bits per heavy atom. The highest BCUT2D eigenvalue weighted by Crippen LogP contribution is 2.13. The number of hydrogen-bond acceptors (Lipinski definition) is 5. The van der Waals surface area contributed by atoms with E-state index in [2.05, 4.69) is 14.7 Å². The van der Waals surface area contributed by atoms with Crippen LogP contribution in [0, 0.1) is 11.3 Å². The van der Waals surface area contributed by atoms with Gasteiger partial charge in [-0.25, -0.2) is 13.4 Å². The van der Waals surface area contributed by atoms with Crippen molar-refractivity contribution in [3.05, 3.63) is 52.9 Å². The average Bonchev–Trinajstić information content (AvgIpc) is 2.37. The summed E-state index contributed by atoms with van der Waals surface area (Å²) in [7, 11) is -3.65. The van der Waals surface area contributed by atoms with E-state index in [0.717, 1.165) is 0 Å². The summed E-state index contributed by atoms with van der Waals surface area (Å²) < 4.78 is 26.2. The Kier molecular flexibility index (Phi) is 4.17. The van der Waals surface area contributed by atoms with Gasteiger partial charge in [-0.1, -0.05) is 23.7 Å². The van der Waals surface area contributed by atoms with Crippen molar-refractivity contribution in [1.82, 2.24) is 9.97 Å². The van der Waals surface area contributed by atoms with Crippen molar-refractivity contribution >= 4 is 27.4 Å². The van der Waals surface area contributed by atoms with Gasteiger partial charge in [-0.3, -0.25) is 9.71 Å². The van der Waals surface area contributed by atoms with Gasteiger partial charge < -0.3 is 0 Å². The van der Waals surface area contributed by atoms with Gasteiger partial charge in [-0.05, 0) is 17.7 Å². The third kappa shape index (κ3) is 3.91. The van der Waals surface area contributed by atoms with Crippen LogP contribution in [0.1, 0.15) is 11.1 Å². The number of rotatable bonds is 4. The van der Waals surface area contributed by atoms with E-state index < -0.39 is 10.0 Å². The molecular formula is C12H9ClN4O2S. The van der Waals surface area contributed by atoms with Crippen LogP contribution in [-0.4, -0.2) is 18.4 Å². The van der Waals surface area contributed by atoms with Crippen LogP contribution in [-0.2, 0) is 15.8 Å². The van der Waals surface area contributed by atoms with Gasteiger partial charge in [-0.15, -0.1) is 0 Å². The molecule has 102 valence electrons. The number of hydrogen-bond donors (Lipinski definition) is 1. The van der Waals surface area contributed by atoms with Gasteiger partial charge in [0.2, 0.25) is 10.0 Å². The molecule has 0 atom stereocenters. The molecule has 0 bridgehead atoms. The Morgan fingerprint density at radius 2 is 2.15 bits per heavy atom. The Balaban J connectivity index is 2.17. The number of nitrogens with one attached hydrogen (secondary N) is 1. The number of anilines is 1. The van der Waals surface area contributed by atoms with Crippen LogP contribution in [0.2, 0.25) is 5.15 Å². The maximum atomic E-state index is 12.0.